The van der Waals surface area contributed by atoms with Gasteiger partial charge in [-0.3, -0.25) is 9.59 Å². The summed E-state index contributed by atoms with van der Waals surface area (Å²) >= 11 is 0. The van der Waals surface area contributed by atoms with Crippen LogP contribution in [0.5, 0.6) is 5.75 Å². The lowest BCUT2D eigenvalue weighted by atomic mass is 9.97. The van der Waals surface area contributed by atoms with Gasteiger partial charge in [-0.2, -0.15) is 10.1 Å². The van der Waals surface area contributed by atoms with Crippen LogP contribution in [0.2, 0.25) is 0 Å². The number of H-pyrrole nitrogens is 1. The number of nitrogens with zero attached hydrogens (tertiary/aromatic N) is 4. The lowest BCUT2D eigenvalue weighted by Gasteiger charge is -2.23. The maximum atomic E-state index is 14.2. The molecule has 0 saturated heterocycles. The predicted molar refractivity (Wildman–Crippen MR) is 133 cm³/mol. The summed E-state index contributed by atoms with van der Waals surface area (Å²) < 4.78 is 32.1. The molecule has 0 fully saturated rings. The Morgan fingerprint density at radius 1 is 1.27 bits per heavy atom. The number of benzene rings is 1. The number of rotatable bonds is 11. The highest BCUT2D eigenvalue weighted by molar-refractivity contribution is 5.72. The molecule has 12 heteroatoms. The maximum absolute atomic E-state index is 14.2. The van der Waals surface area contributed by atoms with Crippen molar-refractivity contribution in [1.29, 1.82) is 0 Å². The number of aromatic amines is 1. The van der Waals surface area contributed by atoms with Crippen LogP contribution >= 0.6 is 0 Å². The third-order valence-electron chi connectivity index (χ3n) is 5.74. The van der Waals surface area contributed by atoms with Crippen molar-refractivity contribution < 1.29 is 23.2 Å². The Labute approximate surface area is 212 Å². The van der Waals surface area contributed by atoms with E-state index in [1.54, 1.807) is 10.6 Å². The standard InChI is InChI=1S/C25H29FN6O5/c1-25(2,3)36-10-8-15(7-9-27-14-33)19-12-21(34)29-23-17(13-28-32(19)23)24-30-22(31-37-24)16-5-6-20(35-4)18(26)11-16/h5-6,11-15H,7-10H2,1-4H3,(H,27,33)(H,29,34). The maximum Gasteiger partial charge on any atom is 0.263 e. The van der Waals surface area contributed by atoms with Gasteiger partial charge in [0.1, 0.15) is 11.2 Å². The molecule has 4 aromatic rings. The highest BCUT2D eigenvalue weighted by Gasteiger charge is 2.22. The van der Waals surface area contributed by atoms with E-state index in [0.29, 0.717) is 54.9 Å². The molecule has 0 spiro atoms. The van der Waals surface area contributed by atoms with Crippen LogP contribution in [-0.2, 0) is 9.53 Å². The van der Waals surface area contributed by atoms with Crippen molar-refractivity contribution >= 4 is 12.1 Å². The topological polar surface area (TPSA) is 137 Å². The number of hydrogen-bond acceptors (Lipinski definition) is 8. The van der Waals surface area contributed by atoms with Crippen LogP contribution in [-0.4, -0.2) is 57.0 Å². The van der Waals surface area contributed by atoms with Gasteiger partial charge < -0.3 is 24.3 Å². The number of aromatic nitrogens is 5. The fourth-order valence-corrected chi connectivity index (χ4v) is 3.98. The molecular weight excluding hydrogens is 483 g/mol. The summed E-state index contributed by atoms with van der Waals surface area (Å²) in [6.07, 6.45) is 3.35. The third kappa shape index (κ3) is 6.02. The number of hydrogen-bond donors (Lipinski definition) is 2. The summed E-state index contributed by atoms with van der Waals surface area (Å²) in [4.78, 5) is 30.6. The van der Waals surface area contributed by atoms with Crippen LogP contribution in [0.1, 0.15) is 45.2 Å². The molecule has 1 unspecified atom stereocenters. The largest absolute Gasteiger partial charge is 0.494 e. The first-order valence-corrected chi connectivity index (χ1v) is 11.8. The number of carbonyl (C=O) groups excluding carboxylic acids is 1. The van der Waals surface area contributed by atoms with Crippen LogP contribution in [0.3, 0.4) is 0 Å². The number of halogens is 1. The van der Waals surface area contributed by atoms with E-state index in [-0.39, 0.29) is 34.5 Å². The number of amides is 1. The number of nitrogens with one attached hydrogen (secondary N) is 2. The van der Waals surface area contributed by atoms with Crippen LogP contribution in [0.25, 0.3) is 28.5 Å². The summed E-state index contributed by atoms with van der Waals surface area (Å²) in [5.74, 6) is -0.295. The van der Waals surface area contributed by atoms with Gasteiger partial charge in [0.05, 0.1) is 24.6 Å². The molecular formula is C25H29FN6O5. The van der Waals surface area contributed by atoms with Gasteiger partial charge in [0.25, 0.3) is 11.4 Å². The Morgan fingerprint density at radius 2 is 2.08 bits per heavy atom. The van der Waals surface area contributed by atoms with E-state index in [9.17, 15) is 14.0 Å². The first-order valence-electron chi connectivity index (χ1n) is 11.8. The number of methoxy groups -OCH3 is 1. The quantitative estimate of drug-likeness (QED) is 0.231. The molecule has 0 radical (unpaired) electrons. The minimum Gasteiger partial charge on any atom is -0.494 e. The Kier molecular flexibility index (Phi) is 7.67. The average Bonchev–Trinajstić information content (AvgIpc) is 3.49. The van der Waals surface area contributed by atoms with E-state index < -0.39 is 5.82 Å². The van der Waals surface area contributed by atoms with Crippen LogP contribution in [0.15, 0.2) is 39.8 Å². The zero-order valence-electron chi connectivity index (χ0n) is 21.1. The highest BCUT2D eigenvalue weighted by atomic mass is 19.1. The Morgan fingerprint density at radius 3 is 2.78 bits per heavy atom. The Bertz CT molecular complexity index is 1440. The van der Waals surface area contributed by atoms with Crippen LogP contribution < -0.4 is 15.6 Å². The van der Waals surface area contributed by atoms with E-state index in [0.717, 1.165) is 0 Å². The van der Waals surface area contributed by atoms with Crippen molar-refractivity contribution in [3.63, 3.8) is 0 Å². The summed E-state index contributed by atoms with van der Waals surface area (Å²) in [7, 11) is 1.38. The van der Waals surface area contributed by atoms with Gasteiger partial charge in [-0.1, -0.05) is 5.16 Å². The second-order valence-electron chi connectivity index (χ2n) is 9.46. The first-order chi connectivity index (χ1) is 17.7. The second-order valence-corrected chi connectivity index (χ2v) is 9.46. The van der Waals surface area contributed by atoms with Crippen molar-refractivity contribution in [1.82, 2.24) is 30.1 Å². The highest BCUT2D eigenvalue weighted by Crippen LogP contribution is 2.29. The molecule has 196 valence electrons. The molecule has 1 aromatic carbocycles. The normalized spacial score (nSPS) is 12.6. The van der Waals surface area contributed by atoms with Gasteiger partial charge in [-0.25, -0.2) is 8.91 Å². The number of ether oxygens (including phenoxy) is 2. The molecule has 4 rings (SSSR count). The van der Waals surface area contributed by atoms with Crippen molar-refractivity contribution in [2.45, 2.75) is 45.1 Å². The molecule has 3 heterocycles. The fraction of sp³-hybridized carbons (Fsp3) is 0.400. The summed E-state index contributed by atoms with van der Waals surface area (Å²) in [5.41, 5.74) is 1.22. The van der Waals surface area contributed by atoms with Crippen LogP contribution in [0.4, 0.5) is 4.39 Å². The van der Waals surface area contributed by atoms with Crippen molar-refractivity contribution in [3.05, 3.63) is 52.3 Å². The Balaban J connectivity index is 1.68. The van der Waals surface area contributed by atoms with Crippen molar-refractivity contribution in [2.24, 2.45) is 0 Å². The molecule has 11 nitrogen and oxygen atoms in total. The van der Waals surface area contributed by atoms with E-state index in [4.69, 9.17) is 14.0 Å². The molecule has 0 aliphatic carbocycles. The van der Waals surface area contributed by atoms with Gasteiger partial charge in [0.2, 0.25) is 12.2 Å². The lowest BCUT2D eigenvalue weighted by Crippen LogP contribution is -2.23. The molecule has 0 aliphatic rings. The second kappa shape index (κ2) is 10.9. The molecule has 1 amide bonds. The summed E-state index contributed by atoms with van der Waals surface area (Å²) in [6, 6.07) is 5.83. The van der Waals surface area contributed by atoms with Gasteiger partial charge in [-0.15, -0.1) is 0 Å². The zero-order valence-corrected chi connectivity index (χ0v) is 21.1. The van der Waals surface area contributed by atoms with E-state index in [1.165, 1.54) is 31.5 Å². The molecule has 0 bridgehead atoms. The molecule has 0 aliphatic heterocycles. The molecule has 2 N–H and O–H groups in total. The fourth-order valence-electron chi connectivity index (χ4n) is 3.98. The van der Waals surface area contributed by atoms with Crippen LogP contribution in [0, 0.1) is 5.82 Å². The van der Waals surface area contributed by atoms with Crippen molar-refractivity contribution in [3.8, 4) is 28.6 Å². The molecule has 1 atom stereocenters. The van der Waals surface area contributed by atoms with E-state index in [1.807, 2.05) is 20.8 Å². The minimum atomic E-state index is -0.554. The predicted octanol–water partition coefficient (Wildman–Crippen LogP) is 3.31. The Hall–Kier alpha value is -4.06. The molecule has 3 aromatic heterocycles. The monoisotopic (exact) mass is 512 g/mol. The van der Waals surface area contributed by atoms with Gasteiger partial charge >= 0.3 is 0 Å². The van der Waals surface area contributed by atoms with Crippen molar-refractivity contribution in [2.75, 3.05) is 20.3 Å². The zero-order chi connectivity index (χ0) is 26.6. The number of carbonyl (C=O) groups is 1. The molecule has 37 heavy (non-hydrogen) atoms. The SMILES string of the molecule is COc1ccc(-c2noc(-c3cnn4c(C(CCNC=O)CCOC(C)(C)C)cc(=O)[nH]c34)n2)cc1F. The summed E-state index contributed by atoms with van der Waals surface area (Å²) in [6.45, 7) is 6.81. The average molecular weight is 513 g/mol. The van der Waals surface area contributed by atoms with Gasteiger partial charge in [0.15, 0.2) is 11.6 Å². The van der Waals surface area contributed by atoms with E-state index in [2.05, 4.69) is 25.5 Å². The van der Waals surface area contributed by atoms with E-state index >= 15 is 0 Å². The minimum absolute atomic E-state index is 0.103. The van der Waals surface area contributed by atoms with Gasteiger partial charge in [0, 0.05) is 30.7 Å². The smallest absolute Gasteiger partial charge is 0.263 e. The summed E-state index contributed by atoms with van der Waals surface area (Å²) in [5, 5.41) is 11.1. The third-order valence-corrected chi connectivity index (χ3v) is 5.74. The first kappa shape index (κ1) is 26.0. The molecule has 0 saturated carbocycles. The van der Waals surface area contributed by atoms with Gasteiger partial charge in [-0.05, 0) is 51.8 Å². The number of fused-ring (bicyclic) bond motifs is 1. The lowest BCUT2D eigenvalue weighted by molar-refractivity contribution is -0.109.